The molecule has 1 fully saturated rings. The van der Waals surface area contributed by atoms with Crippen LogP contribution in [0.2, 0.25) is 0 Å². The van der Waals surface area contributed by atoms with Gasteiger partial charge in [-0.05, 0) is 50.6 Å². The molecule has 0 saturated carbocycles. The van der Waals surface area contributed by atoms with Crippen molar-refractivity contribution >= 4 is 22.9 Å². The van der Waals surface area contributed by atoms with E-state index in [1.807, 2.05) is 76.3 Å². The molecule has 1 aliphatic heterocycles. The van der Waals surface area contributed by atoms with Crippen molar-refractivity contribution in [3.05, 3.63) is 59.7 Å². The molecule has 4 heterocycles. The largest absolute Gasteiger partial charge is 0.467 e. The van der Waals surface area contributed by atoms with Crippen LogP contribution in [0.25, 0.3) is 22.3 Å². The first-order valence-corrected chi connectivity index (χ1v) is 13.8. The number of nitrogens with zero attached hydrogens (tertiary/aromatic N) is 7. The maximum absolute atomic E-state index is 12.4. The molecule has 0 atom stereocenters. The molecular formula is C30H38N8O3. The van der Waals surface area contributed by atoms with Gasteiger partial charge in [-0.2, -0.15) is 9.97 Å². The number of nitrogens with one attached hydrogen (secondary N) is 1. The Morgan fingerprint density at radius 2 is 1.80 bits per heavy atom. The van der Waals surface area contributed by atoms with Crippen molar-refractivity contribution in [2.24, 2.45) is 0 Å². The van der Waals surface area contributed by atoms with E-state index in [4.69, 9.17) is 14.5 Å². The summed E-state index contributed by atoms with van der Waals surface area (Å²) in [6.07, 6.45) is 2.21. The van der Waals surface area contributed by atoms with Crippen LogP contribution in [0.1, 0.15) is 37.9 Å². The number of anilines is 1. The second kappa shape index (κ2) is 11.7. The number of hydrogen-bond donors (Lipinski definition) is 1. The van der Waals surface area contributed by atoms with Crippen molar-refractivity contribution in [2.75, 3.05) is 52.3 Å². The average Bonchev–Trinajstić information content (AvgIpc) is 3.33. The number of imidazole rings is 1. The van der Waals surface area contributed by atoms with Crippen molar-refractivity contribution in [1.82, 2.24) is 34.7 Å². The first-order valence-electron chi connectivity index (χ1n) is 13.8. The summed E-state index contributed by atoms with van der Waals surface area (Å²) < 4.78 is 10.8. The van der Waals surface area contributed by atoms with E-state index >= 15 is 0 Å². The molecule has 1 amide bonds. The second-order valence-electron chi connectivity index (χ2n) is 11.5. The van der Waals surface area contributed by atoms with Crippen LogP contribution in [0.15, 0.2) is 42.6 Å². The summed E-state index contributed by atoms with van der Waals surface area (Å²) in [6.45, 7) is 9.40. The van der Waals surface area contributed by atoms with Gasteiger partial charge in [0.2, 0.25) is 0 Å². The van der Waals surface area contributed by atoms with E-state index < -0.39 is 5.60 Å². The molecule has 41 heavy (non-hydrogen) atoms. The maximum Gasteiger partial charge on any atom is 0.410 e. The van der Waals surface area contributed by atoms with E-state index in [0.717, 1.165) is 59.3 Å². The number of aromatic nitrogens is 5. The lowest BCUT2D eigenvalue weighted by atomic mass is 10.1. The number of fused-ring (bicyclic) bond motifs is 1. The van der Waals surface area contributed by atoms with Crippen LogP contribution in [0.3, 0.4) is 0 Å². The summed E-state index contributed by atoms with van der Waals surface area (Å²) in [5.74, 6) is 1.62. The Labute approximate surface area is 240 Å². The van der Waals surface area contributed by atoms with Crippen molar-refractivity contribution in [3.63, 3.8) is 0 Å². The molecule has 3 aromatic heterocycles. The number of methoxy groups -OCH3 is 1. The normalized spacial score (nSPS) is 14.3. The Kier molecular flexibility index (Phi) is 8.07. The number of aromatic amines is 1. The molecule has 0 aliphatic carbocycles. The van der Waals surface area contributed by atoms with Crippen LogP contribution in [-0.2, 0) is 17.7 Å². The van der Waals surface area contributed by atoms with E-state index in [1.165, 1.54) is 5.56 Å². The van der Waals surface area contributed by atoms with Crippen LogP contribution in [0, 0.1) is 0 Å². The van der Waals surface area contributed by atoms with Gasteiger partial charge in [0.1, 0.15) is 17.2 Å². The number of carbonyl (C=O) groups is 1. The van der Waals surface area contributed by atoms with Crippen LogP contribution in [-0.4, -0.2) is 93.8 Å². The summed E-state index contributed by atoms with van der Waals surface area (Å²) in [5.41, 5.74) is 5.20. The first kappa shape index (κ1) is 28.3. The summed E-state index contributed by atoms with van der Waals surface area (Å²) in [6, 6.07) is 12.5. The van der Waals surface area contributed by atoms with Gasteiger partial charge in [-0.1, -0.05) is 6.07 Å². The number of H-pyrrole nitrogens is 1. The van der Waals surface area contributed by atoms with E-state index in [-0.39, 0.29) is 6.09 Å². The second-order valence-corrected chi connectivity index (χ2v) is 11.5. The van der Waals surface area contributed by atoms with Crippen LogP contribution in [0.5, 0.6) is 6.01 Å². The zero-order chi connectivity index (χ0) is 29.1. The lowest BCUT2D eigenvalue weighted by molar-refractivity contribution is 0.0139. The fourth-order valence-electron chi connectivity index (χ4n) is 4.75. The van der Waals surface area contributed by atoms with Crippen LogP contribution < -0.4 is 9.64 Å². The molecule has 5 rings (SSSR count). The number of benzene rings is 1. The van der Waals surface area contributed by atoms with Crippen molar-refractivity contribution < 1.29 is 14.3 Å². The van der Waals surface area contributed by atoms with Crippen molar-refractivity contribution in [2.45, 2.75) is 39.3 Å². The third-order valence-electron chi connectivity index (χ3n) is 6.82. The molecule has 0 radical (unpaired) electrons. The Balaban J connectivity index is 1.24. The Hall–Kier alpha value is -4.25. The third-order valence-corrected chi connectivity index (χ3v) is 6.82. The monoisotopic (exact) mass is 558 g/mol. The van der Waals surface area contributed by atoms with Crippen molar-refractivity contribution in [3.8, 4) is 17.3 Å². The molecule has 11 heteroatoms. The van der Waals surface area contributed by atoms with Gasteiger partial charge in [0.15, 0.2) is 0 Å². The lowest BCUT2D eigenvalue weighted by Crippen LogP contribution is -2.49. The van der Waals surface area contributed by atoms with Crippen molar-refractivity contribution in [1.29, 1.82) is 0 Å². The molecule has 4 aromatic rings. The molecule has 0 spiro atoms. The van der Waals surface area contributed by atoms with E-state index in [0.29, 0.717) is 25.5 Å². The highest BCUT2D eigenvalue weighted by Crippen LogP contribution is 2.26. The standard InChI is InChI=1S/C30H38N8O3/c1-30(2,3)41-29(39)38-13-11-37(12-14-38)19-20-9-10-31-22(15-20)17-26-32-23-8-7-21(16-25(23)33-26)24-18-27(36(4)5)35-28(34-24)40-6/h7-10,15-16,18H,11-14,17,19H2,1-6H3,(H,32,33). The number of amides is 1. The lowest BCUT2D eigenvalue weighted by Gasteiger charge is -2.35. The number of pyridine rings is 1. The zero-order valence-electron chi connectivity index (χ0n) is 24.6. The predicted octanol–water partition coefficient (Wildman–Crippen LogP) is 4.13. The Morgan fingerprint density at radius 1 is 1.02 bits per heavy atom. The number of rotatable bonds is 7. The minimum absolute atomic E-state index is 0.239. The quantitative estimate of drug-likeness (QED) is 0.358. The van der Waals surface area contributed by atoms with Gasteiger partial charge in [-0.15, -0.1) is 0 Å². The summed E-state index contributed by atoms with van der Waals surface area (Å²) in [4.78, 5) is 40.2. The first-order chi connectivity index (χ1) is 19.6. The predicted molar refractivity (Wildman–Crippen MR) is 158 cm³/mol. The van der Waals surface area contributed by atoms with Gasteiger partial charge >= 0.3 is 12.1 Å². The summed E-state index contributed by atoms with van der Waals surface area (Å²) >= 11 is 0. The minimum Gasteiger partial charge on any atom is -0.467 e. The van der Waals surface area contributed by atoms with E-state index in [9.17, 15) is 4.79 Å². The molecule has 1 saturated heterocycles. The fourth-order valence-corrected chi connectivity index (χ4v) is 4.75. The van der Waals surface area contributed by atoms with Crippen LogP contribution in [0.4, 0.5) is 10.6 Å². The molecule has 0 bridgehead atoms. The molecule has 1 N–H and O–H groups in total. The third kappa shape index (κ3) is 7.10. The Morgan fingerprint density at radius 3 is 2.51 bits per heavy atom. The highest BCUT2D eigenvalue weighted by Gasteiger charge is 2.26. The van der Waals surface area contributed by atoms with Gasteiger partial charge in [-0.25, -0.2) is 9.78 Å². The molecule has 1 aromatic carbocycles. The van der Waals surface area contributed by atoms with Gasteiger partial charge in [0.25, 0.3) is 0 Å². The molecular weight excluding hydrogens is 520 g/mol. The van der Waals surface area contributed by atoms with Gasteiger partial charge in [-0.3, -0.25) is 9.88 Å². The minimum atomic E-state index is -0.481. The zero-order valence-corrected chi connectivity index (χ0v) is 24.6. The smallest absolute Gasteiger partial charge is 0.410 e. The number of hydrogen-bond acceptors (Lipinski definition) is 9. The fraction of sp³-hybridized carbons (Fsp3) is 0.433. The van der Waals surface area contributed by atoms with Crippen LogP contribution >= 0.6 is 0 Å². The topological polar surface area (TPSA) is 113 Å². The van der Waals surface area contributed by atoms with Gasteiger partial charge in [0, 0.05) is 76.8 Å². The number of piperazine rings is 1. The molecule has 0 unspecified atom stereocenters. The summed E-state index contributed by atoms with van der Waals surface area (Å²) in [7, 11) is 5.44. The molecule has 11 nitrogen and oxygen atoms in total. The average molecular weight is 559 g/mol. The molecule has 216 valence electrons. The Bertz CT molecular complexity index is 1520. The number of carbonyl (C=O) groups excluding carboxylic acids is 1. The maximum atomic E-state index is 12.4. The highest BCUT2D eigenvalue weighted by atomic mass is 16.6. The number of ether oxygens (including phenoxy) is 2. The van der Waals surface area contributed by atoms with E-state index in [1.54, 1.807) is 12.0 Å². The van der Waals surface area contributed by atoms with E-state index in [2.05, 4.69) is 30.9 Å². The SMILES string of the molecule is COc1nc(-c2ccc3nc(Cc4cc(CN5CCN(C(=O)OC(C)(C)C)CC5)ccn4)[nH]c3c2)cc(N(C)C)n1. The highest BCUT2D eigenvalue weighted by molar-refractivity contribution is 5.81. The van der Waals surface area contributed by atoms with Gasteiger partial charge < -0.3 is 24.3 Å². The van der Waals surface area contributed by atoms with Gasteiger partial charge in [0.05, 0.1) is 23.8 Å². The molecule has 1 aliphatic rings. The summed E-state index contributed by atoms with van der Waals surface area (Å²) in [5, 5.41) is 0.